The average Bonchev–Trinajstić information content (AvgIpc) is 3.18. The second-order valence-electron chi connectivity index (χ2n) is 15.1. The topological polar surface area (TPSA) is 99.1 Å². The Hall–Kier alpha value is -1.89. The lowest BCUT2D eigenvalue weighted by Gasteiger charge is -2.70. The normalized spacial score (nSPS) is 44.9. The Bertz CT molecular complexity index is 1130. The van der Waals surface area contributed by atoms with Crippen molar-refractivity contribution in [1.29, 1.82) is 0 Å². The van der Waals surface area contributed by atoms with Gasteiger partial charge in [0.2, 0.25) is 0 Å². The lowest BCUT2D eigenvalue weighted by Crippen LogP contribution is -2.67. The van der Waals surface area contributed by atoms with Gasteiger partial charge in [0.1, 0.15) is 18.3 Å². The Morgan fingerprint density at radius 2 is 1.68 bits per heavy atom. The fourth-order valence-electron chi connectivity index (χ4n) is 11.0. The minimum absolute atomic E-state index is 0.0265. The molecule has 0 spiro atoms. The summed E-state index contributed by atoms with van der Waals surface area (Å²) in [7, 11) is 0. The Morgan fingerprint density at radius 1 is 1.00 bits per heavy atom. The van der Waals surface area contributed by atoms with Crippen LogP contribution in [0.1, 0.15) is 120 Å². The fourth-order valence-corrected chi connectivity index (χ4v) is 11.0. The van der Waals surface area contributed by atoms with Crippen LogP contribution in [0.25, 0.3) is 0 Å². The number of esters is 3. The van der Waals surface area contributed by atoms with Crippen molar-refractivity contribution < 1.29 is 33.7 Å². The van der Waals surface area contributed by atoms with E-state index in [0.717, 1.165) is 56.1 Å². The van der Waals surface area contributed by atoms with Gasteiger partial charge in [-0.2, -0.15) is 0 Å². The van der Waals surface area contributed by atoms with Crippen molar-refractivity contribution in [1.82, 2.24) is 0 Å². The smallest absolute Gasteiger partial charge is 0.335 e. The third kappa shape index (κ3) is 4.50. The van der Waals surface area contributed by atoms with Gasteiger partial charge in [-0.3, -0.25) is 9.59 Å². The van der Waals surface area contributed by atoms with E-state index in [-0.39, 0.29) is 58.6 Å². The number of carbonyl (C=O) groups excluding carboxylic acids is 3. The molecule has 1 heterocycles. The second kappa shape index (κ2) is 10.4. The molecule has 7 heteroatoms. The van der Waals surface area contributed by atoms with Gasteiger partial charge >= 0.3 is 17.9 Å². The molecule has 0 bridgehead atoms. The van der Waals surface area contributed by atoms with Gasteiger partial charge in [0, 0.05) is 22.8 Å². The van der Waals surface area contributed by atoms with E-state index >= 15 is 0 Å². The molecule has 3 saturated carbocycles. The van der Waals surface area contributed by atoms with Gasteiger partial charge in [0.15, 0.2) is 0 Å². The zero-order valence-electron chi connectivity index (χ0n) is 26.5. The van der Waals surface area contributed by atoms with Gasteiger partial charge in [-0.05, 0) is 99.9 Å². The molecular formula is C34H52O7. The van der Waals surface area contributed by atoms with E-state index < -0.39 is 23.6 Å². The molecular weight excluding hydrogens is 520 g/mol. The van der Waals surface area contributed by atoms with E-state index in [1.807, 2.05) is 13.8 Å². The van der Waals surface area contributed by atoms with Crippen molar-refractivity contribution in [3.8, 4) is 0 Å². The quantitative estimate of drug-likeness (QED) is 0.294. The number of fused-ring (bicyclic) bond motifs is 6. The maximum Gasteiger partial charge on any atom is 0.335 e. The number of rotatable bonds is 6. The third-order valence-corrected chi connectivity index (χ3v) is 13.0. The van der Waals surface area contributed by atoms with Gasteiger partial charge < -0.3 is 19.3 Å². The standard InChI is InChI=1S/C34H52O7/c1-9-27(36)40-21(4)31(5)14-10-15-32(6)23(31)13-16-33(7)24-12-11-22-20(3)39-30(38)29(22)34(24,8)26(18-25(32)33)41-28(37)17-19(2)35/h19-21,23-26,35H,9-18H2,1-8H3/t19?,20-,21?,23?,24?,25?,26-,31+,32-,33-,34+/m0/s1. The third-order valence-electron chi connectivity index (χ3n) is 13.0. The summed E-state index contributed by atoms with van der Waals surface area (Å²) < 4.78 is 18.1. The summed E-state index contributed by atoms with van der Waals surface area (Å²) in [6, 6.07) is 0. The molecule has 5 aliphatic rings. The zero-order chi connectivity index (χ0) is 30.1. The summed E-state index contributed by atoms with van der Waals surface area (Å²) in [6.45, 7) is 16.8. The molecule has 230 valence electrons. The Balaban J connectivity index is 1.57. The van der Waals surface area contributed by atoms with Crippen LogP contribution >= 0.6 is 0 Å². The molecule has 5 rings (SSSR count). The molecule has 4 aliphatic carbocycles. The van der Waals surface area contributed by atoms with Crippen LogP contribution in [0, 0.1) is 39.4 Å². The highest BCUT2D eigenvalue weighted by atomic mass is 16.6. The molecule has 0 aromatic rings. The molecule has 11 atom stereocenters. The van der Waals surface area contributed by atoms with Crippen LogP contribution in [-0.2, 0) is 28.6 Å². The zero-order valence-corrected chi connectivity index (χ0v) is 26.5. The predicted octanol–water partition coefficient (Wildman–Crippen LogP) is 6.30. The van der Waals surface area contributed by atoms with E-state index in [2.05, 4.69) is 34.6 Å². The molecule has 1 N–H and O–H groups in total. The van der Waals surface area contributed by atoms with E-state index in [1.54, 1.807) is 6.92 Å². The van der Waals surface area contributed by atoms with Crippen molar-refractivity contribution in [2.45, 2.75) is 144 Å². The van der Waals surface area contributed by atoms with Crippen LogP contribution in [0.2, 0.25) is 0 Å². The first-order chi connectivity index (χ1) is 19.1. The lowest BCUT2D eigenvalue weighted by molar-refractivity contribution is -0.237. The number of aliphatic hydroxyl groups is 1. The van der Waals surface area contributed by atoms with Gasteiger partial charge in [0.25, 0.3) is 0 Å². The highest BCUT2D eigenvalue weighted by molar-refractivity contribution is 5.94. The van der Waals surface area contributed by atoms with E-state index in [9.17, 15) is 19.5 Å². The fraction of sp³-hybridized carbons (Fsp3) is 0.853. The van der Waals surface area contributed by atoms with Crippen LogP contribution in [0.4, 0.5) is 0 Å². The van der Waals surface area contributed by atoms with E-state index in [1.165, 1.54) is 0 Å². The van der Waals surface area contributed by atoms with Crippen molar-refractivity contribution in [2.75, 3.05) is 0 Å². The van der Waals surface area contributed by atoms with Gasteiger partial charge in [-0.1, -0.05) is 41.0 Å². The van der Waals surface area contributed by atoms with Gasteiger partial charge in [-0.25, -0.2) is 4.79 Å². The first-order valence-electron chi connectivity index (χ1n) is 16.1. The number of carbonyl (C=O) groups is 3. The van der Waals surface area contributed by atoms with E-state index in [0.29, 0.717) is 18.8 Å². The SMILES string of the molecule is CCC(=O)OC(C)[C@@]1(C)CCC[C@@]2(C)C1CC[C@]1(C)C2C[C@H](OC(=O)CC(C)O)[C@]2(C)C3=C(CCC12)[C@H](C)OC3=O. The van der Waals surface area contributed by atoms with Crippen molar-refractivity contribution >= 4 is 17.9 Å². The maximum atomic E-state index is 13.4. The number of ether oxygens (including phenoxy) is 3. The minimum Gasteiger partial charge on any atom is -0.462 e. The van der Waals surface area contributed by atoms with Crippen LogP contribution < -0.4 is 0 Å². The summed E-state index contributed by atoms with van der Waals surface area (Å²) in [4.78, 5) is 38.9. The Morgan fingerprint density at radius 3 is 2.34 bits per heavy atom. The number of hydrogen-bond donors (Lipinski definition) is 1. The van der Waals surface area contributed by atoms with Crippen LogP contribution in [-0.4, -0.2) is 47.4 Å². The van der Waals surface area contributed by atoms with Crippen LogP contribution in [0.15, 0.2) is 11.1 Å². The van der Waals surface area contributed by atoms with Gasteiger partial charge in [0.05, 0.1) is 12.5 Å². The van der Waals surface area contributed by atoms with Crippen LogP contribution in [0.5, 0.6) is 0 Å². The summed E-state index contributed by atoms with van der Waals surface area (Å²) >= 11 is 0. The first-order valence-corrected chi connectivity index (χ1v) is 16.1. The maximum absolute atomic E-state index is 13.4. The monoisotopic (exact) mass is 572 g/mol. The highest BCUT2D eigenvalue weighted by Gasteiger charge is 2.70. The van der Waals surface area contributed by atoms with E-state index in [4.69, 9.17) is 14.2 Å². The molecule has 41 heavy (non-hydrogen) atoms. The number of aliphatic hydroxyl groups excluding tert-OH is 1. The average molecular weight is 573 g/mol. The Kier molecular flexibility index (Phi) is 7.74. The molecule has 7 nitrogen and oxygen atoms in total. The molecule has 0 amide bonds. The van der Waals surface area contributed by atoms with Crippen molar-refractivity contribution in [3.63, 3.8) is 0 Å². The summed E-state index contributed by atoms with van der Waals surface area (Å²) in [5, 5.41) is 9.97. The first kappa shape index (κ1) is 30.6. The Labute approximate surface area is 246 Å². The predicted molar refractivity (Wildman–Crippen MR) is 154 cm³/mol. The van der Waals surface area contributed by atoms with Crippen molar-refractivity contribution in [3.05, 3.63) is 11.1 Å². The molecule has 3 fully saturated rings. The lowest BCUT2D eigenvalue weighted by atomic mass is 9.34. The molecule has 0 saturated heterocycles. The highest BCUT2D eigenvalue weighted by Crippen LogP contribution is 2.74. The number of cyclic esters (lactones) is 1. The number of hydrogen-bond acceptors (Lipinski definition) is 7. The summed E-state index contributed by atoms with van der Waals surface area (Å²) in [5.41, 5.74) is 0.979. The van der Waals surface area contributed by atoms with Crippen molar-refractivity contribution in [2.24, 2.45) is 39.4 Å². The van der Waals surface area contributed by atoms with Crippen LogP contribution in [0.3, 0.4) is 0 Å². The van der Waals surface area contributed by atoms with Gasteiger partial charge in [-0.15, -0.1) is 0 Å². The molecule has 0 aromatic heterocycles. The largest absolute Gasteiger partial charge is 0.462 e. The summed E-state index contributed by atoms with van der Waals surface area (Å²) in [6.07, 6.45) is 6.36. The molecule has 0 aromatic carbocycles. The molecule has 0 radical (unpaired) electrons. The summed E-state index contributed by atoms with van der Waals surface area (Å²) in [5.74, 6) is 0.00309. The second-order valence-corrected chi connectivity index (χ2v) is 15.1. The molecule has 1 aliphatic heterocycles. The molecule has 5 unspecified atom stereocenters. The minimum atomic E-state index is -0.791.